The molecule has 0 aliphatic carbocycles. The van der Waals surface area contributed by atoms with Gasteiger partial charge in [-0.05, 0) is 43.9 Å². The molecular formula is C15H16FN3O2. The van der Waals surface area contributed by atoms with Crippen molar-refractivity contribution >= 4 is 5.91 Å². The largest absolute Gasteiger partial charge is 0.343 e. The number of rotatable bonds is 2. The molecule has 1 aliphatic rings. The fourth-order valence-corrected chi connectivity index (χ4v) is 2.75. The zero-order valence-electron chi connectivity index (χ0n) is 11.8. The molecule has 1 aliphatic heterocycles. The summed E-state index contributed by atoms with van der Waals surface area (Å²) in [5.41, 5.74) is 1.16. The molecule has 1 atom stereocenters. The van der Waals surface area contributed by atoms with Gasteiger partial charge in [-0.15, -0.1) is 0 Å². The fourth-order valence-electron chi connectivity index (χ4n) is 2.75. The average molecular weight is 289 g/mol. The van der Waals surface area contributed by atoms with Crippen molar-refractivity contribution in [3.63, 3.8) is 0 Å². The van der Waals surface area contributed by atoms with Crippen LogP contribution in [0.5, 0.6) is 0 Å². The molecule has 110 valence electrons. The van der Waals surface area contributed by atoms with Crippen LogP contribution >= 0.6 is 0 Å². The lowest BCUT2D eigenvalue weighted by molar-refractivity contribution is 0.0595. The maximum atomic E-state index is 13.4. The fraction of sp³-hybridized carbons (Fsp3) is 0.400. The van der Waals surface area contributed by atoms with Crippen molar-refractivity contribution in [2.75, 3.05) is 6.54 Å². The topological polar surface area (TPSA) is 59.2 Å². The molecule has 1 aromatic heterocycles. The Morgan fingerprint density at radius 2 is 2.29 bits per heavy atom. The minimum atomic E-state index is -0.405. The van der Waals surface area contributed by atoms with Gasteiger partial charge in [-0.2, -0.15) is 4.98 Å². The maximum absolute atomic E-state index is 13.4. The number of amides is 1. The molecule has 0 radical (unpaired) electrons. The van der Waals surface area contributed by atoms with E-state index in [1.165, 1.54) is 18.5 Å². The normalized spacial score (nSPS) is 18.8. The molecule has 0 bridgehead atoms. The number of benzene rings is 1. The van der Waals surface area contributed by atoms with Crippen molar-refractivity contribution in [2.45, 2.75) is 32.2 Å². The van der Waals surface area contributed by atoms with E-state index in [1.54, 1.807) is 17.9 Å². The summed E-state index contributed by atoms with van der Waals surface area (Å²) in [5.74, 6) is -0.0734. The van der Waals surface area contributed by atoms with Gasteiger partial charge in [-0.1, -0.05) is 11.2 Å². The number of halogens is 1. The summed E-state index contributed by atoms with van der Waals surface area (Å²) >= 11 is 0. The van der Waals surface area contributed by atoms with Gasteiger partial charge in [0.1, 0.15) is 5.82 Å². The molecule has 1 unspecified atom stereocenters. The molecule has 5 nitrogen and oxygen atoms in total. The molecule has 2 heterocycles. The maximum Gasteiger partial charge on any atom is 0.254 e. The van der Waals surface area contributed by atoms with Crippen molar-refractivity contribution in [1.29, 1.82) is 0 Å². The van der Waals surface area contributed by atoms with E-state index in [1.807, 2.05) is 0 Å². The second-order valence-electron chi connectivity index (χ2n) is 5.26. The van der Waals surface area contributed by atoms with Crippen LogP contribution in [-0.2, 0) is 0 Å². The van der Waals surface area contributed by atoms with Crippen LogP contribution < -0.4 is 0 Å². The highest BCUT2D eigenvalue weighted by atomic mass is 19.1. The van der Waals surface area contributed by atoms with Crippen LogP contribution in [0.4, 0.5) is 4.39 Å². The summed E-state index contributed by atoms with van der Waals surface area (Å²) in [6, 6.07) is 4.07. The molecule has 0 saturated carbocycles. The third-order valence-electron chi connectivity index (χ3n) is 3.87. The summed E-state index contributed by atoms with van der Waals surface area (Å²) in [6.07, 6.45) is 3.99. The number of hydrogen-bond donors (Lipinski definition) is 0. The lowest BCUT2D eigenvalue weighted by Crippen LogP contribution is -2.39. The number of carbonyl (C=O) groups excluding carboxylic acids is 1. The molecule has 21 heavy (non-hydrogen) atoms. The first-order valence-corrected chi connectivity index (χ1v) is 7.00. The van der Waals surface area contributed by atoms with Crippen LogP contribution in [-0.4, -0.2) is 27.5 Å². The van der Waals surface area contributed by atoms with Gasteiger partial charge < -0.3 is 9.42 Å². The van der Waals surface area contributed by atoms with Crippen molar-refractivity contribution in [1.82, 2.24) is 15.0 Å². The van der Waals surface area contributed by atoms with Crippen molar-refractivity contribution < 1.29 is 13.7 Å². The molecule has 6 heteroatoms. The highest BCUT2D eigenvalue weighted by Gasteiger charge is 2.32. The van der Waals surface area contributed by atoms with E-state index in [0.29, 0.717) is 17.9 Å². The summed E-state index contributed by atoms with van der Waals surface area (Å²) in [5, 5.41) is 3.85. The Morgan fingerprint density at radius 1 is 1.43 bits per heavy atom. The number of likely N-dealkylation sites (tertiary alicyclic amines) is 1. The van der Waals surface area contributed by atoms with Crippen LogP contribution in [0.2, 0.25) is 0 Å². The predicted molar refractivity (Wildman–Crippen MR) is 73.1 cm³/mol. The molecule has 1 amide bonds. The lowest BCUT2D eigenvalue weighted by atomic mass is 9.99. The third kappa shape index (κ3) is 2.66. The van der Waals surface area contributed by atoms with Crippen LogP contribution in [0.3, 0.4) is 0 Å². The van der Waals surface area contributed by atoms with Gasteiger partial charge in [-0.25, -0.2) is 4.39 Å². The van der Waals surface area contributed by atoms with E-state index in [0.717, 1.165) is 24.8 Å². The summed E-state index contributed by atoms with van der Waals surface area (Å²) in [7, 11) is 0. The van der Waals surface area contributed by atoms with Crippen LogP contribution in [0.15, 0.2) is 29.1 Å². The molecule has 2 aromatic rings. The second-order valence-corrected chi connectivity index (χ2v) is 5.26. The first-order valence-electron chi connectivity index (χ1n) is 7.00. The number of hydrogen-bond acceptors (Lipinski definition) is 4. The van der Waals surface area contributed by atoms with E-state index >= 15 is 0 Å². The van der Waals surface area contributed by atoms with Gasteiger partial charge >= 0.3 is 0 Å². The first-order chi connectivity index (χ1) is 10.2. The van der Waals surface area contributed by atoms with E-state index in [2.05, 4.69) is 10.1 Å². The zero-order valence-corrected chi connectivity index (χ0v) is 11.8. The zero-order chi connectivity index (χ0) is 14.8. The van der Waals surface area contributed by atoms with Gasteiger partial charge in [0.2, 0.25) is 6.39 Å². The third-order valence-corrected chi connectivity index (χ3v) is 3.87. The lowest BCUT2D eigenvalue weighted by Gasteiger charge is -2.34. The highest BCUT2D eigenvalue weighted by Crippen LogP contribution is 2.30. The monoisotopic (exact) mass is 289 g/mol. The van der Waals surface area contributed by atoms with Crippen molar-refractivity contribution in [2.24, 2.45) is 0 Å². The predicted octanol–water partition coefficient (Wildman–Crippen LogP) is 2.88. The number of aromatic nitrogens is 2. The van der Waals surface area contributed by atoms with Gasteiger partial charge in [0.15, 0.2) is 5.82 Å². The van der Waals surface area contributed by atoms with Crippen LogP contribution in [0.1, 0.15) is 47.1 Å². The minimum Gasteiger partial charge on any atom is -0.343 e. The standard InChI is InChI=1S/C15H16FN3O2/c1-10-5-6-11(16)8-12(10)15(20)19-7-3-2-4-13(19)14-17-9-21-18-14/h5-6,8-9,13H,2-4,7H2,1H3. The Bertz CT molecular complexity index is 642. The van der Waals surface area contributed by atoms with Gasteiger partial charge in [-0.3, -0.25) is 4.79 Å². The smallest absolute Gasteiger partial charge is 0.254 e. The SMILES string of the molecule is Cc1ccc(F)cc1C(=O)N1CCCCC1c1ncon1. The van der Waals surface area contributed by atoms with E-state index in [9.17, 15) is 9.18 Å². The molecule has 1 fully saturated rings. The van der Waals surface area contributed by atoms with Crippen molar-refractivity contribution in [3.8, 4) is 0 Å². The van der Waals surface area contributed by atoms with E-state index < -0.39 is 5.82 Å². The quantitative estimate of drug-likeness (QED) is 0.853. The first kappa shape index (κ1) is 13.7. The second kappa shape index (κ2) is 5.63. The van der Waals surface area contributed by atoms with Gasteiger partial charge in [0.05, 0.1) is 6.04 Å². The van der Waals surface area contributed by atoms with Gasteiger partial charge in [0.25, 0.3) is 5.91 Å². The average Bonchev–Trinajstić information content (AvgIpc) is 3.03. The molecule has 1 aromatic carbocycles. The molecular weight excluding hydrogens is 273 g/mol. The minimum absolute atomic E-state index is 0.179. The van der Waals surface area contributed by atoms with Crippen LogP contribution in [0, 0.1) is 12.7 Å². The molecule has 0 N–H and O–H groups in total. The van der Waals surface area contributed by atoms with Gasteiger partial charge in [0, 0.05) is 12.1 Å². The summed E-state index contributed by atoms with van der Waals surface area (Å²) < 4.78 is 18.2. The molecule has 1 saturated heterocycles. The Kier molecular flexibility index (Phi) is 3.68. The highest BCUT2D eigenvalue weighted by molar-refractivity contribution is 5.96. The molecule has 0 spiro atoms. The Hall–Kier alpha value is -2.24. The van der Waals surface area contributed by atoms with Crippen LogP contribution in [0.25, 0.3) is 0 Å². The summed E-state index contributed by atoms with van der Waals surface area (Å²) in [4.78, 5) is 18.5. The van der Waals surface area contributed by atoms with E-state index in [4.69, 9.17) is 4.52 Å². The van der Waals surface area contributed by atoms with Crippen molar-refractivity contribution in [3.05, 3.63) is 47.4 Å². The number of aryl methyl sites for hydroxylation is 1. The Balaban J connectivity index is 1.93. The Labute approximate surface area is 121 Å². The number of carbonyl (C=O) groups is 1. The summed E-state index contributed by atoms with van der Waals surface area (Å²) in [6.45, 7) is 2.42. The van der Waals surface area contributed by atoms with E-state index in [-0.39, 0.29) is 11.9 Å². The number of nitrogens with zero attached hydrogens (tertiary/aromatic N) is 3. The Morgan fingerprint density at radius 3 is 3.05 bits per heavy atom. The molecule has 3 rings (SSSR count). The number of piperidine rings is 1.